The molecule has 2 aromatic rings. The maximum absolute atomic E-state index is 12.3. The van der Waals surface area contributed by atoms with Crippen LogP contribution in [0.25, 0.3) is 0 Å². The number of rotatable bonds is 5. The molecule has 0 spiro atoms. The summed E-state index contributed by atoms with van der Waals surface area (Å²) in [6, 6.07) is 11.5. The van der Waals surface area contributed by atoms with Crippen LogP contribution in [0.1, 0.15) is 17.5 Å². The number of hydrogen-bond acceptors (Lipinski definition) is 4. The molecule has 0 fully saturated rings. The van der Waals surface area contributed by atoms with Gasteiger partial charge < -0.3 is 20.1 Å². The third-order valence-electron chi connectivity index (χ3n) is 4.14. The lowest BCUT2D eigenvalue weighted by Gasteiger charge is -2.18. The van der Waals surface area contributed by atoms with E-state index < -0.39 is 0 Å². The van der Waals surface area contributed by atoms with Gasteiger partial charge in [-0.3, -0.25) is 4.79 Å². The largest absolute Gasteiger partial charge is 0.493 e. The zero-order valence-corrected chi connectivity index (χ0v) is 15.2. The molecule has 0 bridgehead atoms. The number of aryl methyl sites for hydroxylation is 1. The van der Waals surface area contributed by atoms with E-state index in [1.165, 1.54) is 11.3 Å². The zero-order chi connectivity index (χ0) is 16.9. The van der Waals surface area contributed by atoms with Crippen LogP contribution in [-0.2, 0) is 17.6 Å². The molecule has 1 aliphatic rings. The van der Waals surface area contributed by atoms with E-state index in [4.69, 9.17) is 9.47 Å². The Morgan fingerprint density at radius 3 is 2.68 bits per heavy atom. The van der Waals surface area contributed by atoms with Crippen LogP contribution in [-0.4, -0.2) is 26.7 Å². The van der Waals surface area contributed by atoms with Crippen molar-refractivity contribution in [1.82, 2.24) is 0 Å². The van der Waals surface area contributed by atoms with Gasteiger partial charge in [0.05, 0.1) is 20.6 Å². The lowest BCUT2D eigenvalue weighted by molar-refractivity contribution is -0.115. The molecular formula is C19H23ClN2O3. The van der Waals surface area contributed by atoms with E-state index in [-0.39, 0.29) is 24.7 Å². The summed E-state index contributed by atoms with van der Waals surface area (Å²) in [6.45, 7) is 1.01. The molecule has 2 aromatic carbocycles. The van der Waals surface area contributed by atoms with Gasteiger partial charge in [0.1, 0.15) is 0 Å². The SMILES string of the molecule is COc1ccc(CC(=O)Nc2ccc3c(c2)CCCN3)cc1OC.Cl. The van der Waals surface area contributed by atoms with Crippen molar-refractivity contribution in [2.75, 3.05) is 31.4 Å². The van der Waals surface area contributed by atoms with Gasteiger partial charge in [0.25, 0.3) is 0 Å². The van der Waals surface area contributed by atoms with E-state index in [9.17, 15) is 4.79 Å². The summed E-state index contributed by atoms with van der Waals surface area (Å²) >= 11 is 0. The molecule has 2 N–H and O–H groups in total. The van der Waals surface area contributed by atoms with Gasteiger partial charge in [-0.1, -0.05) is 6.07 Å². The Balaban J connectivity index is 0.00000225. The molecule has 0 aliphatic carbocycles. The Hall–Kier alpha value is -2.40. The number of benzene rings is 2. The predicted molar refractivity (Wildman–Crippen MR) is 102 cm³/mol. The summed E-state index contributed by atoms with van der Waals surface area (Å²) < 4.78 is 10.5. The topological polar surface area (TPSA) is 59.6 Å². The smallest absolute Gasteiger partial charge is 0.228 e. The first-order valence-corrected chi connectivity index (χ1v) is 8.07. The molecule has 0 unspecified atom stereocenters. The summed E-state index contributed by atoms with van der Waals surface area (Å²) in [4.78, 5) is 12.3. The third kappa shape index (κ3) is 4.57. The van der Waals surface area contributed by atoms with Gasteiger partial charge in [-0.05, 0) is 54.3 Å². The predicted octanol–water partition coefficient (Wildman–Crippen LogP) is 3.66. The lowest BCUT2D eigenvalue weighted by atomic mass is 10.0. The molecule has 0 saturated heterocycles. The monoisotopic (exact) mass is 362 g/mol. The van der Waals surface area contributed by atoms with Crippen molar-refractivity contribution in [3.05, 3.63) is 47.5 Å². The number of carbonyl (C=O) groups is 1. The van der Waals surface area contributed by atoms with Gasteiger partial charge in [0.15, 0.2) is 11.5 Å². The fourth-order valence-corrected chi connectivity index (χ4v) is 2.93. The summed E-state index contributed by atoms with van der Waals surface area (Å²) in [5, 5.41) is 6.34. The molecule has 1 heterocycles. The van der Waals surface area contributed by atoms with Crippen molar-refractivity contribution in [2.24, 2.45) is 0 Å². The molecule has 5 nitrogen and oxygen atoms in total. The third-order valence-corrected chi connectivity index (χ3v) is 4.14. The van der Waals surface area contributed by atoms with Crippen molar-refractivity contribution in [3.63, 3.8) is 0 Å². The molecule has 0 aromatic heterocycles. The van der Waals surface area contributed by atoms with E-state index >= 15 is 0 Å². The van der Waals surface area contributed by atoms with E-state index in [2.05, 4.69) is 10.6 Å². The van der Waals surface area contributed by atoms with E-state index in [0.29, 0.717) is 11.5 Å². The highest BCUT2D eigenvalue weighted by Gasteiger charge is 2.11. The van der Waals surface area contributed by atoms with Gasteiger partial charge in [-0.2, -0.15) is 0 Å². The van der Waals surface area contributed by atoms with Crippen LogP contribution in [0.2, 0.25) is 0 Å². The molecular weight excluding hydrogens is 340 g/mol. The second kappa shape index (κ2) is 8.62. The molecule has 0 radical (unpaired) electrons. The number of amides is 1. The fourth-order valence-electron chi connectivity index (χ4n) is 2.93. The Morgan fingerprint density at radius 1 is 1.12 bits per heavy atom. The molecule has 25 heavy (non-hydrogen) atoms. The van der Waals surface area contributed by atoms with Gasteiger partial charge in [-0.15, -0.1) is 12.4 Å². The van der Waals surface area contributed by atoms with Crippen LogP contribution < -0.4 is 20.1 Å². The Morgan fingerprint density at radius 2 is 1.92 bits per heavy atom. The second-order valence-corrected chi connectivity index (χ2v) is 5.82. The molecule has 134 valence electrons. The number of halogens is 1. The number of fused-ring (bicyclic) bond motifs is 1. The first kappa shape index (κ1) is 18.9. The Labute approximate surface area is 154 Å². The summed E-state index contributed by atoms with van der Waals surface area (Å²) in [5.74, 6) is 1.23. The number of anilines is 2. The average Bonchev–Trinajstić information content (AvgIpc) is 2.61. The fraction of sp³-hybridized carbons (Fsp3) is 0.316. The molecule has 6 heteroatoms. The lowest BCUT2D eigenvalue weighted by Crippen LogP contribution is -2.16. The van der Waals surface area contributed by atoms with Gasteiger partial charge in [0, 0.05) is 17.9 Å². The highest BCUT2D eigenvalue weighted by atomic mass is 35.5. The number of nitrogens with one attached hydrogen (secondary N) is 2. The number of ether oxygens (including phenoxy) is 2. The summed E-state index contributed by atoms with van der Waals surface area (Å²) in [7, 11) is 3.18. The highest BCUT2D eigenvalue weighted by molar-refractivity contribution is 5.92. The normalized spacial score (nSPS) is 12.2. The zero-order valence-electron chi connectivity index (χ0n) is 14.4. The number of methoxy groups -OCH3 is 2. The van der Waals surface area contributed by atoms with Crippen molar-refractivity contribution < 1.29 is 14.3 Å². The maximum Gasteiger partial charge on any atom is 0.228 e. The van der Waals surface area contributed by atoms with Crippen LogP contribution in [0.5, 0.6) is 11.5 Å². The number of hydrogen-bond donors (Lipinski definition) is 2. The Bertz CT molecular complexity index is 706. The quantitative estimate of drug-likeness (QED) is 0.852. The number of carbonyl (C=O) groups excluding carboxylic acids is 1. The van der Waals surface area contributed by atoms with Crippen LogP contribution in [0.3, 0.4) is 0 Å². The van der Waals surface area contributed by atoms with Gasteiger partial charge in [-0.25, -0.2) is 0 Å². The highest BCUT2D eigenvalue weighted by Crippen LogP contribution is 2.28. The van der Waals surface area contributed by atoms with Crippen LogP contribution in [0.15, 0.2) is 36.4 Å². The van der Waals surface area contributed by atoms with Gasteiger partial charge in [0.2, 0.25) is 5.91 Å². The minimum atomic E-state index is -0.0501. The van der Waals surface area contributed by atoms with E-state index in [1.807, 2.05) is 36.4 Å². The molecule has 3 rings (SSSR count). The Kier molecular flexibility index (Phi) is 6.53. The minimum Gasteiger partial charge on any atom is -0.493 e. The minimum absolute atomic E-state index is 0. The maximum atomic E-state index is 12.3. The van der Waals surface area contributed by atoms with Crippen LogP contribution in [0.4, 0.5) is 11.4 Å². The average molecular weight is 363 g/mol. The molecule has 1 amide bonds. The van der Waals surface area contributed by atoms with Crippen molar-refractivity contribution in [3.8, 4) is 11.5 Å². The molecule has 0 saturated carbocycles. The molecule has 1 aliphatic heterocycles. The van der Waals surface area contributed by atoms with Crippen molar-refractivity contribution in [1.29, 1.82) is 0 Å². The summed E-state index contributed by atoms with van der Waals surface area (Å²) in [6.07, 6.45) is 2.45. The summed E-state index contributed by atoms with van der Waals surface area (Å²) in [5.41, 5.74) is 4.14. The van der Waals surface area contributed by atoms with Crippen molar-refractivity contribution in [2.45, 2.75) is 19.3 Å². The van der Waals surface area contributed by atoms with E-state index in [1.54, 1.807) is 14.2 Å². The van der Waals surface area contributed by atoms with E-state index in [0.717, 1.165) is 30.6 Å². The first-order valence-electron chi connectivity index (χ1n) is 8.07. The second-order valence-electron chi connectivity index (χ2n) is 5.82. The van der Waals surface area contributed by atoms with Crippen molar-refractivity contribution >= 4 is 29.7 Å². The van der Waals surface area contributed by atoms with Crippen LogP contribution in [0, 0.1) is 0 Å². The standard InChI is InChI=1S/C19H22N2O3.ClH/c1-23-17-8-5-13(10-18(17)24-2)11-19(22)21-15-6-7-16-14(12-15)4-3-9-20-16;/h5-8,10,12,20H,3-4,9,11H2,1-2H3,(H,21,22);1H. The van der Waals surface area contributed by atoms with Crippen LogP contribution >= 0.6 is 12.4 Å². The first-order chi connectivity index (χ1) is 11.7. The molecule has 0 atom stereocenters. The van der Waals surface area contributed by atoms with Gasteiger partial charge >= 0.3 is 0 Å².